The third-order valence-corrected chi connectivity index (χ3v) is 5.52. The van der Waals surface area contributed by atoms with Gasteiger partial charge in [0.1, 0.15) is 0 Å². The second-order valence-electron chi connectivity index (χ2n) is 6.74. The van der Waals surface area contributed by atoms with Crippen LogP contribution in [0.15, 0.2) is 72.8 Å². The van der Waals surface area contributed by atoms with Gasteiger partial charge in [0, 0.05) is 5.56 Å². The third kappa shape index (κ3) is 4.55. The van der Waals surface area contributed by atoms with Crippen molar-refractivity contribution in [2.45, 2.75) is 13.3 Å². The number of carbonyl (C=O) groups excluding carboxylic acids is 2. The van der Waals surface area contributed by atoms with Crippen molar-refractivity contribution in [1.82, 2.24) is 4.98 Å². The van der Waals surface area contributed by atoms with Gasteiger partial charge in [-0.1, -0.05) is 53.8 Å². The number of nitrogens with zero attached hydrogens (tertiary/aromatic N) is 1. The number of aromatic nitrogens is 1. The number of esters is 1. The zero-order valence-electron chi connectivity index (χ0n) is 16.4. The highest BCUT2D eigenvalue weighted by Crippen LogP contribution is 2.27. The molecule has 0 fully saturated rings. The Kier molecular flexibility index (Phi) is 5.86. The van der Waals surface area contributed by atoms with Gasteiger partial charge in [-0.15, -0.1) is 0 Å². The van der Waals surface area contributed by atoms with E-state index in [1.54, 1.807) is 25.1 Å². The fourth-order valence-corrected chi connectivity index (χ4v) is 3.99. The van der Waals surface area contributed by atoms with Crippen LogP contribution in [0.1, 0.15) is 38.8 Å². The summed E-state index contributed by atoms with van der Waals surface area (Å²) in [5.41, 5.74) is 4.13. The summed E-state index contributed by atoms with van der Waals surface area (Å²) in [6.07, 6.45) is 0.823. The van der Waals surface area contributed by atoms with Crippen LogP contribution in [0.2, 0.25) is 0 Å². The minimum Gasteiger partial charge on any atom is -0.462 e. The first kappa shape index (κ1) is 19.8. The summed E-state index contributed by atoms with van der Waals surface area (Å²) in [5.74, 6) is -0.583. The lowest BCUT2D eigenvalue weighted by atomic mass is 10.0. The van der Waals surface area contributed by atoms with Crippen molar-refractivity contribution in [3.05, 3.63) is 95.1 Å². The van der Waals surface area contributed by atoms with E-state index < -0.39 is 0 Å². The molecule has 30 heavy (non-hydrogen) atoms. The highest BCUT2D eigenvalue weighted by molar-refractivity contribution is 7.22. The zero-order chi connectivity index (χ0) is 20.9. The summed E-state index contributed by atoms with van der Waals surface area (Å²) in [6, 6.07) is 22.9. The molecule has 0 spiro atoms. The van der Waals surface area contributed by atoms with Crippen molar-refractivity contribution in [1.29, 1.82) is 0 Å². The first-order chi connectivity index (χ1) is 14.6. The summed E-state index contributed by atoms with van der Waals surface area (Å²) < 4.78 is 5.84. The SMILES string of the molecule is CCOC(=O)c1ccc2nc(NC(=O)c3ccc(Cc4ccccc4)cc3)sc2c1. The average molecular weight is 417 g/mol. The molecule has 0 saturated heterocycles. The number of anilines is 1. The molecule has 1 aromatic heterocycles. The highest BCUT2D eigenvalue weighted by Gasteiger charge is 2.13. The molecule has 0 atom stereocenters. The molecule has 0 aliphatic heterocycles. The lowest BCUT2D eigenvalue weighted by molar-refractivity contribution is 0.0526. The minimum atomic E-state index is -0.367. The second kappa shape index (κ2) is 8.88. The fourth-order valence-electron chi connectivity index (χ4n) is 3.09. The number of thiazole rings is 1. The number of hydrogen-bond donors (Lipinski definition) is 1. The number of hydrogen-bond acceptors (Lipinski definition) is 5. The van der Waals surface area contributed by atoms with E-state index in [2.05, 4.69) is 22.4 Å². The normalized spacial score (nSPS) is 10.7. The van der Waals surface area contributed by atoms with E-state index >= 15 is 0 Å². The van der Waals surface area contributed by atoms with E-state index in [-0.39, 0.29) is 11.9 Å². The number of carbonyl (C=O) groups is 2. The van der Waals surface area contributed by atoms with E-state index in [1.807, 2.05) is 42.5 Å². The van der Waals surface area contributed by atoms with Gasteiger partial charge in [-0.25, -0.2) is 9.78 Å². The Balaban J connectivity index is 1.45. The molecule has 1 heterocycles. The standard InChI is InChI=1S/C24H20N2O3S/c1-2-29-23(28)19-12-13-20-21(15-19)30-24(25-20)26-22(27)18-10-8-17(9-11-18)14-16-6-4-3-5-7-16/h3-13,15H,2,14H2,1H3,(H,25,26,27). The molecule has 4 rings (SSSR count). The maximum Gasteiger partial charge on any atom is 0.338 e. The summed E-state index contributed by atoms with van der Waals surface area (Å²) >= 11 is 1.32. The lowest BCUT2D eigenvalue weighted by Crippen LogP contribution is -2.11. The number of benzene rings is 3. The van der Waals surface area contributed by atoms with E-state index in [1.165, 1.54) is 16.9 Å². The smallest absolute Gasteiger partial charge is 0.338 e. The van der Waals surface area contributed by atoms with E-state index in [9.17, 15) is 9.59 Å². The van der Waals surface area contributed by atoms with Crippen molar-refractivity contribution in [2.75, 3.05) is 11.9 Å². The molecule has 0 aliphatic carbocycles. The minimum absolute atomic E-state index is 0.217. The highest BCUT2D eigenvalue weighted by atomic mass is 32.1. The van der Waals surface area contributed by atoms with Gasteiger partial charge in [0.15, 0.2) is 5.13 Å². The van der Waals surface area contributed by atoms with E-state index in [0.29, 0.717) is 22.9 Å². The maximum absolute atomic E-state index is 12.6. The Morgan fingerprint density at radius 3 is 2.37 bits per heavy atom. The predicted octanol–water partition coefficient (Wildman–Crippen LogP) is 5.32. The van der Waals surface area contributed by atoms with Crippen molar-refractivity contribution >= 4 is 38.6 Å². The molecule has 0 radical (unpaired) electrons. The average Bonchev–Trinajstić information content (AvgIpc) is 3.16. The van der Waals surface area contributed by atoms with Crippen LogP contribution in [-0.2, 0) is 11.2 Å². The van der Waals surface area contributed by atoms with Crippen LogP contribution in [0, 0.1) is 0 Å². The lowest BCUT2D eigenvalue weighted by Gasteiger charge is -2.05. The van der Waals surface area contributed by atoms with Gasteiger partial charge >= 0.3 is 5.97 Å². The Morgan fingerprint density at radius 2 is 1.63 bits per heavy atom. The summed E-state index contributed by atoms with van der Waals surface area (Å²) in [5, 5.41) is 3.33. The number of amides is 1. The molecular weight excluding hydrogens is 396 g/mol. The quantitative estimate of drug-likeness (QED) is 0.432. The number of fused-ring (bicyclic) bond motifs is 1. The van der Waals surface area contributed by atoms with Gasteiger partial charge in [0.05, 0.1) is 22.4 Å². The molecule has 0 unspecified atom stereocenters. The molecule has 1 N–H and O–H groups in total. The second-order valence-corrected chi connectivity index (χ2v) is 7.77. The van der Waals surface area contributed by atoms with Gasteiger partial charge in [0.25, 0.3) is 5.91 Å². The number of rotatable bonds is 6. The van der Waals surface area contributed by atoms with Crippen LogP contribution >= 0.6 is 11.3 Å². The molecule has 0 aliphatic rings. The molecule has 150 valence electrons. The topological polar surface area (TPSA) is 68.3 Å². The Morgan fingerprint density at radius 1 is 0.933 bits per heavy atom. The third-order valence-electron chi connectivity index (χ3n) is 4.59. The van der Waals surface area contributed by atoms with E-state index in [4.69, 9.17) is 4.74 Å². The van der Waals surface area contributed by atoms with Gasteiger partial charge in [-0.05, 0) is 54.8 Å². The first-order valence-electron chi connectivity index (χ1n) is 9.64. The van der Waals surface area contributed by atoms with Crippen molar-refractivity contribution in [2.24, 2.45) is 0 Å². The van der Waals surface area contributed by atoms with Crippen LogP contribution in [0.3, 0.4) is 0 Å². The molecule has 3 aromatic carbocycles. The summed E-state index contributed by atoms with van der Waals surface area (Å²) in [7, 11) is 0. The van der Waals surface area contributed by atoms with Crippen molar-refractivity contribution in [3.8, 4) is 0 Å². The molecular formula is C24H20N2O3S. The molecule has 4 aromatic rings. The zero-order valence-corrected chi connectivity index (χ0v) is 17.2. The van der Waals surface area contributed by atoms with Gasteiger partial charge in [0.2, 0.25) is 0 Å². The molecule has 1 amide bonds. The van der Waals surface area contributed by atoms with Crippen LogP contribution in [0.4, 0.5) is 5.13 Å². The van der Waals surface area contributed by atoms with Gasteiger partial charge < -0.3 is 4.74 Å². The fraction of sp³-hybridized carbons (Fsp3) is 0.125. The Labute approximate surface area is 178 Å². The van der Waals surface area contributed by atoms with Crippen molar-refractivity contribution < 1.29 is 14.3 Å². The monoisotopic (exact) mass is 416 g/mol. The number of ether oxygens (including phenoxy) is 1. The van der Waals surface area contributed by atoms with Crippen molar-refractivity contribution in [3.63, 3.8) is 0 Å². The van der Waals surface area contributed by atoms with E-state index in [0.717, 1.165) is 22.2 Å². The van der Waals surface area contributed by atoms with Crippen LogP contribution in [0.5, 0.6) is 0 Å². The van der Waals surface area contributed by atoms with Gasteiger partial charge in [-0.3, -0.25) is 10.1 Å². The van der Waals surface area contributed by atoms with Crippen LogP contribution < -0.4 is 5.32 Å². The largest absolute Gasteiger partial charge is 0.462 e. The summed E-state index contributed by atoms with van der Waals surface area (Å²) in [4.78, 5) is 28.9. The van der Waals surface area contributed by atoms with Gasteiger partial charge in [-0.2, -0.15) is 0 Å². The van der Waals surface area contributed by atoms with Crippen LogP contribution in [0.25, 0.3) is 10.2 Å². The molecule has 0 saturated carbocycles. The Bertz CT molecular complexity index is 1180. The first-order valence-corrected chi connectivity index (χ1v) is 10.5. The predicted molar refractivity (Wildman–Crippen MR) is 119 cm³/mol. The molecule has 6 heteroatoms. The number of nitrogens with one attached hydrogen (secondary N) is 1. The maximum atomic E-state index is 12.6. The molecule has 5 nitrogen and oxygen atoms in total. The van der Waals surface area contributed by atoms with Crippen LogP contribution in [-0.4, -0.2) is 23.5 Å². The Hall–Kier alpha value is -3.51. The molecule has 0 bridgehead atoms. The summed E-state index contributed by atoms with van der Waals surface area (Å²) in [6.45, 7) is 2.09.